The van der Waals surface area contributed by atoms with E-state index in [9.17, 15) is 0 Å². The van der Waals surface area contributed by atoms with Crippen LogP contribution in [0, 0.1) is 0 Å². The second kappa shape index (κ2) is 5.49. The van der Waals surface area contributed by atoms with Gasteiger partial charge in [-0.2, -0.15) is 0 Å². The molecule has 4 aromatic heterocycles. The molecule has 5 nitrogen and oxygen atoms in total. The molecule has 25 heavy (non-hydrogen) atoms. The number of pyridine rings is 2. The van der Waals surface area contributed by atoms with E-state index in [1.54, 1.807) is 18.6 Å². The molecule has 1 aromatic carbocycles. The number of H-pyrrole nitrogens is 1. The van der Waals surface area contributed by atoms with Gasteiger partial charge in [-0.1, -0.05) is 12.1 Å². The van der Waals surface area contributed by atoms with Crippen molar-refractivity contribution in [2.45, 2.75) is 0 Å². The summed E-state index contributed by atoms with van der Waals surface area (Å²) in [4.78, 5) is 20.7. The van der Waals surface area contributed by atoms with E-state index in [0.29, 0.717) is 0 Å². The first-order valence-electron chi connectivity index (χ1n) is 7.97. The summed E-state index contributed by atoms with van der Waals surface area (Å²) in [5, 5.41) is 1.07. The maximum atomic E-state index is 4.55. The lowest BCUT2D eigenvalue weighted by Crippen LogP contribution is -1.85. The Balaban J connectivity index is 1.70. The third kappa shape index (κ3) is 2.33. The number of aromatic amines is 1. The first-order valence-corrected chi connectivity index (χ1v) is 7.97. The van der Waals surface area contributed by atoms with Gasteiger partial charge in [0.15, 0.2) is 0 Å². The molecule has 0 radical (unpaired) electrons. The van der Waals surface area contributed by atoms with Crippen LogP contribution in [-0.4, -0.2) is 24.9 Å². The number of nitrogens with zero attached hydrogens (tertiary/aromatic N) is 4. The Labute approximate surface area is 143 Å². The lowest BCUT2D eigenvalue weighted by Gasteiger charge is -2.04. The zero-order valence-corrected chi connectivity index (χ0v) is 13.2. The lowest BCUT2D eigenvalue weighted by atomic mass is 10.0. The number of hydrogen-bond acceptors (Lipinski definition) is 4. The maximum absolute atomic E-state index is 4.55. The van der Waals surface area contributed by atoms with Crippen LogP contribution >= 0.6 is 0 Å². The summed E-state index contributed by atoms with van der Waals surface area (Å²) in [5.74, 6) is 0. The second-order valence-corrected chi connectivity index (χ2v) is 5.82. The summed E-state index contributed by atoms with van der Waals surface area (Å²) >= 11 is 0. The smallest absolute Gasteiger partial charge is 0.137 e. The van der Waals surface area contributed by atoms with Crippen LogP contribution in [0.15, 0.2) is 73.6 Å². The number of aromatic nitrogens is 5. The van der Waals surface area contributed by atoms with Crippen molar-refractivity contribution in [3.8, 4) is 22.3 Å². The van der Waals surface area contributed by atoms with Crippen molar-refractivity contribution in [3.63, 3.8) is 0 Å². The minimum Gasteiger partial charge on any atom is -0.346 e. The molecule has 0 saturated carbocycles. The van der Waals surface area contributed by atoms with Gasteiger partial charge in [-0.3, -0.25) is 15.0 Å². The van der Waals surface area contributed by atoms with Crippen molar-refractivity contribution in [1.82, 2.24) is 24.9 Å². The zero-order chi connectivity index (χ0) is 16.6. The van der Waals surface area contributed by atoms with Gasteiger partial charge >= 0.3 is 0 Å². The van der Waals surface area contributed by atoms with E-state index in [4.69, 9.17) is 0 Å². The van der Waals surface area contributed by atoms with Crippen LogP contribution in [0.4, 0.5) is 0 Å². The van der Waals surface area contributed by atoms with E-state index in [-0.39, 0.29) is 0 Å². The highest BCUT2D eigenvalue weighted by molar-refractivity contribution is 5.97. The van der Waals surface area contributed by atoms with Crippen molar-refractivity contribution >= 4 is 22.1 Å². The molecule has 118 valence electrons. The average molecular weight is 323 g/mol. The monoisotopic (exact) mass is 323 g/mol. The standard InChI is InChI=1S/C20H13N5/c1-2-14(10-21-5-1)15-8-16-17(12-25-20(16)24-11-15)13-3-4-18-19(9-13)23-7-6-22-18/h1-12H,(H,24,25). The Hall–Kier alpha value is -3.60. The minimum absolute atomic E-state index is 0.863. The van der Waals surface area contributed by atoms with Crippen LogP contribution < -0.4 is 0 Å². The van der Waals surface area contributed by atoms with Crippen molar-refractivity contribution in [2.24, 2.45) is 0 Å². The first kappa shape index (κ1) is 13.8. The van der Waals surface area contributed by atoms with E-state index in [1.165, 1.54) is 0 Å². The number of nitrogens with one attached hydrogen (secondary N) is 1. The molecule has 1 N–H and O–H groups in total. The minimum atomic E-state index is 0.863. The fourth-order valence-corrected chi connectivity index (χ4v) is 3.06. The first-order chi connectivity index (χ1) is 12.4. The molecule has 0 saturated heterocycles. The van der Waals surface area contributed by atoms with E-state index in [1.807, 2.05) is 36.8 Å². The van der Waals surface area contributed by atoms with Crippen LogP contribution in [-0.2, 0) is 0 Å². The highest BCUT2D eigenvalue weighted by atomic mass is 14.8. The summed E-state index contributed by atoms with van der Waals surface area (Å²) in [5.41, 5.74) is 6.91. The summed E-state index contributed by atoms with van der Waals surface area (Å²) in [7, 11) is 0. The normalized spacial score (nSPS) is 11.2. The van der Waals surface area contributed by atoms with Crippen LogP contribution in [0.3, 0.4) is 0 Å². The molecule has 4 heterocycles. The number of rotatable bonds is 2. The predicted molar refractivity (Wildman–Crippen MR) is 97.9 cm³/mol. The lowest BCUT2D eigenvalue weighted by molar-refractivity contribution is 1.29. The molecule has 0 aliphatic heterocycles. The van der Waals surface area contributed by atoms with Gasteiger partial charge in [0, 0.05) is 59.3 Å². The van der Waals surface area contributed by atoms with Gasteiger partial charge in [0.2, 0.25) is 0 Å². The number of benzene rings is 1. The van der Waals surface area contributed by atoms with E-state index in [2.05, 4.69) is 43.1 Å². The SMILES string of the molecule is c1cncc(-c2cnc3[nH]cc(-c4ccc5nccnc5c4)c3c2)c1. The maximum Gasteiger partial charge on any atom is 0.137 e. The van der Waals surface area contributed by atoms with E-state index in [0.717, 1.165) is 44.3 Å². The van der Waals surface area contributed by atoms with Gasteiger partial charge in [-0.15, -0.1) is 0 Å². The average Bonchev–Trinajstić information content (AvgIpc) is 3.11. The topological polar surface area (TPSA) is 67.3 Å². The molecule has 0 aliphatic carbocycles. The second-order valence-electron chi connectivity index (χ2n) is 5.82. The molecule has 0 spiro atoms. The van der Waals surface area contributed by atoms with Crippen LogP contribution in [0.5, 0.6) is 0 Å². The predicted octanol–water partition coefficient (Wildman–Crippen LogP) is 4.24. The highest BCUT2D eigenvalue weighted by Crippen LogP contribution is 2.31. The molecule has 0 fully saturated rings. The van der Waals surface area contributed by atoms with Crippen molar-refractivity contribution in [1.29, 1.82) is 0 Å². The van der Waals surface area contributed by atoms with Crippen LogP contribution in [0.25, 0.3) is 44.3 Å². The Morgan fingerprint density at radius 1 is 0.720 bits per heavy atom. The Morgan fingerprint density at radius 3 is 2.52 bits per heavy atom. The third-order valence-corrected chi connectivity index (χ3v) is 4.31. The Morgan fingerprint density at radius 2 is 1.64 bits per heavy atom. The number of fused-ring (bicyclic) bond motifs is 2. The molecule has 0 unspecified atom stereocenters. The molecule has 0 aliphatic rings. The van der Waals surface area contributed by atoms with Gasteiger partial charge < -0.3 is 4.98 Å². The fourth-order valence-electron chi connectivity index (χ4n) is 3.06. The molecule has 5 heteroatoms. The molecule has 0 amide bonds. The zero-order valence-electron chi connectivity index (χ0n) is 13.2. The molecule has 5 rings (SSSR count). The summed E-state index contributed by atoms with van der Waals surface area (Å²) < 4.78 is 0. The Kier molecular flexibility index (Phi) is 3.03. The van der Waals surface area contributed by atoms with Gasteiger partial charge in [0.05, 0.1) is 11.0 Å². The largest absolute Gasteiger partial charge is 0.346 e. The quantitative estimate of drug-likeness (QED) is 0.528. The van der Waals surface area contributed by atoms with Gasteiger partial charge in [0.25, 0.3) is 0 Å². The van der Waals surface area contributed by atoms with Crippen molar-refractivity contribution < 1.29 is 0 Å². The molecular formula is C20H13N5. The molecular weight excluding hydrogens is 310 g/mol. The molecule has 0 atom stereocenters. The third-order valence-electron chi connectivity index (χ3n) is 4.31. The van der Waals surface area contributed by atoms with Gasteiger partial charge in [-0.05, 0) is 29.8 Å². The Bertz CT molecular complexity index is 1190. The van der Waals surface area contributed by atoms with E-state index >= 15 is 0 Å². The van der Waals surface area contributed by atoms with Gasteiger partial charge in [0.1, 0.15) is 5.65 Å². The van der Waals surface area contributed by atoms with E-state index < -0.39 is 0 Å². The van der Waals surface area contributed by atoms with Crippen LogP contribution in [0.1, 0.15) is 0 Å². The van der Waals surface area contributed by atoms with Crippen molar-refractivity contribution in [3.05, 3.63) is 73.6 Å². The summed E-state index contributed by atoms with van der Waals surface area (Å²) in [6, 6.07) is 12.2. The van der Waals surface area contributed by atoms with Crippen LogP contribution in [0.2, 0.25) is 0 Å². The summed E-state index contributed by atoms with van der Waals surface area (Å²) in [6.45, 7) is 0. The highest BCUT2D eigenvalue weighted by Gasteiger charge is 2.10. The molecule has 0 bridgehead atoms. The van der Waals surface area contributed by atoms with Crippen molar-refractivity contribution in [2.75, 3.05) is 0 Å². The summed E-state index contributed by atoms with van der Waals surface area (Å²) in [6.07, 6.45) is 10.9. The van der Waals surface area contributed by atoms with Gasteiger partial charge in [-0.25, -0.2) is 4.98 Å². The molecule has 5 aromatic rings. The fraction of sp³-hybridized carbons (Fsp3) is 0. The number of hydrogen-bond donors (Lipinski definition) is 1.